The lowest BCUT2D eigenvalue weighted by atomic mass is 10.4. The van der Waals surface area contributed by atoms with Crippen LogP contribution in [-0.4, -0.2) is 17.0 Å². The van der Waals surface area contributed by atoms with Crippen molar-refractivity contribution in [3.05, 3.63) is 17.7 Å². The Kier molecular flexibility index (Phi) is 1.80. The topological polar surface area (TPSA) is 37.8 Å². The molecule has 3 nitrogen and oxygen atoms in total. The Balaban J connectivity index is 3.06. The number of aryl methyl sites for hydroxylation is 1. The summed E-state index contributed by atoms with van der Waals surface area (Å²) < 4.78 is 12.4. The molecule has 0 aromatic carbocycles. The normalized spacial score (nSPS) is 9.50. The molecule has 1 aromatic rings. The Morgan fingerprint density at radius 1 is 1.50 bits per heavy atom. The van der Waals surface area contributed by atoms with E-state index in [1.165, 1.54) is 6.07 Å². The third kappa shape index (κ3) is 1.40. The van der Waals surface area contributed by atoms with E-state index in [4.69, 9.17) is 0 Å². The molecule has 0 amide bonds. The van der Waals surface area contributed by atoms with E-state index in [2.05, 4.69) is 15.3 Å². The van der Waals surface area contributed by atoms with E-state index in [1.807, 2.05) is 0 Å². The van der Waals surface area contributed by atoms with E-state index in [0.717, 1.165) is 0 Å². The van der Waals surface area contributed by atoms with E-state index in [-0.39, 0.29) is 0 Å². The minimum Gasteiger partial charge on any atom is -0.357 e. The summed E-state index contributed by atoms with van der Waals surface area (Å²) in [5.74, 6) is -0.186. The van der Waals surface area contributed by atoms with Crippen LogP contribution in [0.2, 0.25) is 0 Å². The molecule has 1 rings (SSSR count). The molecule has 0 unspecified atom stereocenters. The first-order chi connectivity index (χ1) is 4.72. The molecule has 0 aliphatic rings. The molecule has 0 saturated carbocycles. The van der Waals surface area contributed by atoms with Gasteiger partial charge < -0.3 is 5.32 Å². The Bertz CT molecular complexity index is 216. The standard InChI is InChI=1S/C6H8FN3/c1-4-3-5(7)10-6(8-2)9-4/h3H,1-2H3,(H,8,9,10). The largest absolute Gasteiger partial charge is 0.357 e. The Labute approximate surface area is 58.3 Å². The van der Waals surface area contributed by atoms with Crippen LogP contribution >= 0.6 is 0 Å². The number of aromatic nitrogens is 2. The molecule has 0 aliphatic carbocycles. The lowest BCUT2D eigenvalue weighted by molar-refractivity contribution is 0.579. The van der Waals surface area contributed by atoms with E-state index < -0.39 is 5.95 Å². The van der Waals surface area contributed by atoms with Crippen LogP contribution in [0, 0.1) is 12.9 Å². The molecule has 1 heterocycles. The third-order valence-electron chi connectivity index (χ3n) is 1.05. The van der Waals surface area contributed by atoms with Crippen LogP contribution < -0.4 is 5.32 Å². The number of hydrogen-bond acceptors (Lipinski definition) is 3. The molecule has 1 N–H and O–H groups in total. The highest BCUT2D eigenvalue weighted by molar-refractivity contribution is 5.23. The van der Waals surface area contributed by atoms with Crippen molar-refractivity contribution in [1.29, 1.82) is 0 Å². The summed E-state index contributed by atoms with van der Waals surface area (Å²) in [6.07, 6.45) is 0. The van der Waals surface area contributed by atoms with Gasteiger partial charge in [-0.15, -0.1) is 0 Å². The highest BCUT2D eigenvalue weighted by Gasteiger charge is 1.96. The highest BCUT2D eigenvalue weighted by Crippen LogP contribution is 2.01. The average molecular weight is 141 g/mol. The lowest BCUT2D eigenvalue weighted by Crippen LogP contribution is -1.99. The molecule has 10 heavy (non-hydrogen) atoms. The Hall–Kier alpha value is -1.19. The van der Waals surface area contributed by atoms with E-state index in [1.54, 1.807) is 14.0 Å². The minimum atomic E-state index is -0.503. The zero-order valence-electron chi connectivity index (χ0n) is 5.85. The maximum absolute atomic E-state index is 12.4. The van der Waals surface area contributed by atoms with E-state index >= 15 is 0 Å². The number of nitrogens with zero attached hydrogens (tertiary/aromatic N) is 2. The van der Waals surface area contributed by atoms with Gasteiger partial charge in [0.15, 0.2) is 0 Å². The van der Waals surface area contributed by atoms with Gasteiger partial charge in [-0.25, -0.2) is 4.98 Å². The second kappa shape index (κ2) is 2.60. The van der Waals surface area contributed by atoms with Crippen LogP contribution in [0.5, 0.6) is 0 Å². The first-order valence-corrected chi connectivity index (χ1v) is 2.91. The van der Waals surface area contributed by atoms with Crippen LogP contribution in [0.25, 0.3) is 0 Å². The number of hydrogen-bond donors (Lipinski definition) is 1. The first-order valence-electron chi connectivity index (χ1n) is 2.91. The van der Waals surface area contributed by atoms with Crippen LogP contribution in [-0.2, 0) is 0 Å². The van der Waals surface area contributed by atoms with Crippen molar-refractivity contribution in [2.24, 2.45) is 0 Å². The zero-order valence-corrected chi connectivity index (χ0v) is 5.85. The van der Waals surface area contributed by atoms with Gasteiger partial charge in [0.05, 0.1) is 0 Å². The van der Waals surface area contributed by atoms with Gasteiger partial charge in [-0.1, -0.05) is 0 Å². The molecule has 0 aliphatic heterocycles. The summed E-state index contributed by atoms with van der Waals surface area (Å²) in [6, 6.07) is 1.28. The van der Waals surface area contributed by atoms with Crippen molar-refractivity contribution in [2.75, 3.05) is 12.4 Å². The molecule has 54 valence electrons. The van der Waals surface area contributed by atoms with Gasteiger partial charge in [0, 0.05) is 18.8 Å². The Morgan fingerprint density at radius 2 is 2.20 bits per heavy atom. The van der Waals surface area contributed by atoms with Crippen LogP contribution in [0.4, 0.5) is 10.3 Å². The fourth-order valence-corrected chi connectivity index (χ4v) is 0.642. The van der Waals surface area contributed by atoms with Crippen molar-refractivity contribution in [3.63, 3.8) is 0 Å². The lowest BCUT2D eigenvalue weighted by Gasteiger charge is -1.97. The monoisotopic (exact) mass is 141 g/mol. The molecule has 1 aromatic heterocycles. The molecular weight excluding hydrogens is 133 g/mol. The molecule has 4 heteroatoms. The predicted octanol–water partition coefficient (Wildman–Crippen LogP) is 0.966. The zero-order chi connectivity index (χ0) is 7.56. The molecular formula is C6H8FN3. The van der Waals surface area contributed by atoms with Crippen molar-refractivity contribution < 1.29 is 4.39 Å². The number of nitrogens with one attached hydrogen (secondary N) is 1. The molecule has 0 radical (unpaired) electrons. The van der Waals surface area contributed by atoms with Gasteiger partial charge in [0.2, 0.25) is 11.9 Å². The summed E-state index contributed by atoms with van der Waals surface area (Å²) in [6.45, 7) is 1.71. The Morgan fingerprint density at radius 3 is 2.70 bits per heavy atom. The van der Waals surface area contributed by atoms with Crippen molar-refractivity contribution in [1.82, 2.24) is 9.97 Å². The van der Waals surface area contributed by atoms with Crippen LogP contribution in [0.1, 0.15) is 5.69 Å². The second-order valence-electron chi connectivity index (χ2n) is 1.91. The number of halogens is 1. The average Bonchev–Trinajstić information content (AvgIpc) is 1.85. The number of anilines is 1. The minimum absolute atomic E-state index is 0.317. The van der Waals surface area contributed by atoms with Crippen LogP contribution in [0.3, 0.4) is 0 Å². The molecule has 0 bridgehead atoms. The summed E-state index contributed by atoms with van der Waals surface area (Å²) in [7, 11) is 1.65. The van der Waals surface area contributed by atoms with Gasteiger partial charge >= 0.3 is 0 Å². The van der Waals surface area contributed by atoms with Gasteiger partial charge in [0.1, 0.15) is 0 Å². The maximum atomic E-state index is 12.4. The predicted molar refractivity (Wildman–Crippen MR) is 36.3 cm³/mol. The molecule has 0 atom stereocenters. The van der Waals surface area contributed by atoms with Gasteiger partial charge in [0.25, 0.3) is 0 Å². The SMILES string of the molecule is CNc1nc(C)cc(F)n1. The molecule has 0 saturated heterocycles. The first kappa shape index (κ1) is 6.92. The summed E-state index contributed by atoms with van der Waals surface area (Å²) in [5.41, 5.74) is 0.622. The van der Waals surface area contributed by atoms with Crippen molar-refractivity contribution in [2.45, 2.75) is 6.92 Å². The fourth-order valence-electron chi connectivity index (χ4n) is 0.642. The van der Waals surface area contributed by atoms with Gasteiger partial charge in [-0.2, -0.15) is 9.37 Å². The maximum Gasteiger partial charge on any atom is 0.225 e. The molecule has 0 spiro atoms. The number of rotatable bonds is 1. The summed E-state index contributed by atoms with van der Waals surface area (Å²) in [4.78, 5) is 7.35. The molecule has 0 fully saturated rings. The third-order valence-corrected chi connectivity index (χ3v) is 1.05. The van der Waals surface area contributed by atoms with Crippen molar-refractivity contribution in [3.8, 4) is 0 Å². The van der Waals surface area contributed by atoms with Crippen LogP contribution in [0.15, 0.2) is 6.07 Å². The summed E-state index contributed by atoms with van der Waals surface area (Å²) >= 11 is 0. The quantitative estimate of drug-likeness (QED) is 0.592. The second-order valence-corrected chi connectivity index (χ2v) is 1.91. The van der Waals surface area contributed by atoms with Crippen molar-refractivity contribution >= 4 is 5.95 Å². The van der Waals surface area contributed by atoms with E-state index in [9.17, 15) is 4.39 Å². The fraction of sp³-hybridized carbons (Fsp3) is 0.333. The van der Waals surface area contributed by atoms with Gasteiger partial charge in [-0.05, 0) is 6.92 Å². The summed E-state index contributed by atoms with van der Waals surface area (Å²) in [5, 5.41) is 2.65. The van der Waals surface area contributed by atoms with Gasteiger partial charge in [-0.3, -0.25) is 0 Å². The van der Waals surface area contributed by atoms with E-state index in [0.29, 0.717) is 11.6 Å². The smallest absolute Gasteiger partial charge is 0.225 e. The highest BCUT2D eigenvalue weighted by atomic mass is 19.1.